The van der Waals surface area contributed by atoms with Crippen LogP contribution in [-0.2, 0) is 4.79 Å². The largest absolute Gasteiger partial charge is 0.493 e. The summed E-state index contributed by atoms with van der Waals surface area (Å²) in [5.41, 5.74) is 1.30. The summed E-state index contributed by atoms with van der Waals surface area (Å²) in [6.07, 6.45) is 0. The van der Waals surface area contributed by atoms with Crippen molar-refractivity contribution in [1.82, 2.24) is 0 Å². The number of rotatable bonds is 7. The summed E-state index contributed by atoms with van der Waals surface area (Å²) >= 11 is 5.93. The van der Waals surface area contributed by atoms with E-state index in [1.54, 1.807) is 43.3 Å². The van der Waals surface area contributed by atoms with Gasteiger partial charge in [-0.2, -0.15) is 0 Å². The predicted octanol–water partition coefficient (Wildman–Crippen LogP) is 3.80. The SMILES string of the molecule is COc1cc(N[C@H](C)C(=O)Nc2cccc(Cl)c2)cc(OC)c1OC. The Bertz CT molecular complexity index is 727. The lowest BCUT2D eigenvalue weighted by molar-refractivity contribution is -0.116. The molecule has 7 heteroatoms. The van der Waals surface area contributed by atoms with E-state index >= 15 is 0 Å². The number of carbonyl (C=O) groups is 1. The zero-order valence-corrected chi connectivity index (χ0v) is 15.3. The van der Waals surface area contributed by atoms with Crippen LogP contribution in [0.15, 0.2) is 36.4 Å². The second-order valence-corrected chi connectivity index (χ2v) is 5.72. The average Bonchev–Trinajstić information content (AvgIpc) is 2.60. The first kappa shape index (κ1) is 18.7. The van der Waals surface area contributed by atoms with Crippen LogP contribution in [0, 0.1) is 0 Å². The van der Waals surface area contributed by atoms with Gasteiger partial charge < -0.3 is 24.8 Å². The molecule has 1 amide bonds. The van der Waals surface area contributed by atoms with Gasteiger partial charge in [0.2, 0.25) is 11.7 Å². The first-order valence-corrected chi connectivity index (χ1v) is 7.99. The number of carbonyl (C=O) groups excluding carboxylic acids is 1. The topological polar surface area (TPSA) is 68.8 Å². The quantitative estimate of drug-likeness (QED) is 0.782. The molecule has 0 aliphatic rings. The lowest BCUT2D eigenvalue weighted by atomic mass is 10.2. The van der Waals surface area contributed by atoms with Gasteiger partial charge in [-0.05, 0) is 25.1 Å². The molecule has 0 bridgehead atoms. The number of hydrogen-bond donors (Lipinski definition) is 2. The highest BCUT2D eigenvalue weighted by atomic mass is 35.5. The first-order valence-electron chi connectivity index (χ1n) is 7.61. The van der Waals surface area contributed by atoms with Crippen molar-refractivity contribution in [2.45, 2.75) is 13.0 Å². The van der Waals surface area contributed by atoms with Gasteiger partial charge in [0.1, 0.15) is 6.04 Å². The smallest absolute Gasteiger partial charge is 0.246 e. The van der Waals surface area contributed by atoms with Gasteiger partial charge >= 0.3 is 0 Å². The summed E-state index contributed by atoms with van der Waals surface area (Å²) in [5, 5.41) is 6.48. The molecule has 0 saturated carbocycles. The minimum Gasteiger partial charge on any atom is -0.493 e. The van der Waals surface area contributed by atoms with Crippen LogP contribution in [0.3, 0.4) is 0 Å². The molecule has 25 heavy (non-hydrogen) atoms. The maximum Gasteiger partial charge on any atom is 0.246 e. The third kappa shape index (κ3) is 4.70. The maximum absolute atomic E-state index is 12.4. The van der Waals surface area contributed by atoms with E-state index in [-0.39, 0.29) is 5.91 Å². The lowest BCUT2D eigenvalue weighted by Gasteiger charge is -2.18. The second kappa shape index (κ2) is 8.48. The van der Waals surface area contributed by atoms with E-state index in [0.29, 0.717) is 33.6 Å². The van der Waals surface area contributed by atoms with Crippen LogP contribution in [-0.4, -0.2) is 33.3 Å². The van der Waals surface area contributed by atoms with E-state index < -0.39 is 6.04 Å². The Hall–Kier alpha value is -2.60. The fraction of sp³-hybridized carbons (Fsp3) is 0.278. The number of benzene rings is 2. The molecule has 0 heterocycles. The van der Waals surface area contributed by atoms with Crippen molar-refractivity contribution in [3.8, 4) is 17.2 Å². The molecule has 0 fully saturated rings. The van der Waals surface area contributed by atoms with Crippen LogP contribution in [0.2, 0.25) is 5.02 Å². The summed E-state index contributed by atoms with van der Waals surface area (Å²) in [5.74, 6) is 1.31. The number of amides is 1. The van der Waals surface area contributed by atoms with Crippen molar-refractivity contribution in [2.75, 3.05) is 32.0 Å². The number of halogens is 1. The molecule has 0 saturated heterocycles. The maximum atomic E-state index is 12.4. The van der Waals surface area contributed by atoms with Gasteiger partial charge in [0.05, 0.1) is 21.3 Å². The first-order chi connectivity index (χ1) is 12.0. The third-order valence-electron chi connectivity index (χ3n) is 3.53. The number of anilines is 2. The highest BCUT2D eigenvalue weighted by molar-refractivity contribution is 6.30. The van der Waals surface area contributed by atoms with E-state index in [2.05, 4.69) is 10.6 Å². The van der Waals surface area contributed by atoms with Crippen molar-refractivity contribution >= 4 is 28.9 Å². The number of methoxy groups -OCH3 is 3. The summed E-state index contributed by atoms with van der Waals surface area (Å²) in [4.78, 5) is 12.4. The van der Waals surface area contributed by atoms with E-state index in [4.69, 9.17) is 25.8 Å². The summed E-state index contributed by atoms with van der Waals surface area (Å²) in [6.45, 7) is 1.75. The molecule has 134 valence electrons. The summed E-state index contributed by atoms with van der Waals surface area (Å²) in [7, 11) is 4.61. The van der Waals surface area contributed by atoms with Gasteiger partial charge in [-0.1, -0.05) is 17.7 Å². The van der Waals surface area contributed by atoms with Crippen LogP contribution < -0.4 is 24.8 Å². The molecule has 2 aromatic rings. The van der Waals surface area contributed by atoms with Gasteiger partial charge in [-0.3, -0.25) is 4.79 Å². The van der Waals surface area contributed by atoms with Crippen molar-refractivity contribution in [3.63, 3.8) is 0 Å². The zero-order chi connectivity index (χ0) is 18.4. The van der Waals surface area contributed by atoms with E-state index in [0.717, 1.165) is 0 Å². The fourth-order valence-corrected chi connectivity index (χ4v) is 2.49. The summed E-state index contributed by atoms with van der Waals surface area (Å²) < 4.78 is 15.9. The van der Waals surface area contributed by atoms with Crippen molar-refractivity contribution in [1.29, 1.82) is 0 Å². The zero-order valence-electron chi connectivity index (χ0n) is 14.6. The van der Waals surface area contributed by atoms with Gasteiger partial charge in [-0.25, -0.2) is 0 Å². The molecule has 2 N–H and O–H groups in total. The Morgan fingerprint density at radius 1 is 1.00 bits per heavy atom. The van der Waals surface area contributed by atoms with Crippen LogP contribution in [0.1, 0.15) is 6.92 Å². The molecule has 0 aliphatic heterocycles. The molecular weight excluding hydrogens is 344 g/mol. The molecule has 2 aromatic carbocycles. The Morgan fingerprint density at radius 2 is 1.64 bits per heavy atom. The van der Waals surface area contributed by atoms with Gasteiger partial charge in [-0.15, -0.1) is 0 Å². The van der Waals surface area contributed by atoms with Gasteiger partial charge in [0.25, 0.3) is 0 Å². The van der Waals surface area contributed by atoms with Crippen LogP contribution in [0.25, 0.3) is 0 Å². The molecule has 0 unspecified atom stereocenters. The van der Waals surface area contributed by atoms with E-state index in [1.807, 2.05) is 0 Å². The van der Waals surface area contributed by atoms with Crippen LogP contribution >= 0.6 is 11.6 Å². The lowest BCUT2D eigenvalue weighted by Crippen LogP contribution is -2.31. The Morgan fingerprint density at radius 3 is 2.16 bits per heavy atom. The average molecular weight is 365 g/mol. The third-order valence-corrected chi connectivity index (χ3v) is 3.77. The molecule has 0 aromatic heterocycles. The van der Waals surface area contributed by atoms with Gasteiger partial charge in [0, 0.05) is 28.5 Å². The van der Waals surface area contributed by atoms with Crippen LogP contribution in [0.4, 0.5) is 11.4 Å². The second-order valence-electron chi connectivity index (χ2n) is 5.28. The Labute approximate surface area is 152 Å². The van der Waals surface area contributed by atoms with Crippen molar-refractivity contribution < 1.29 is 19.0 Å². The molecule has 1 atom stereocenters. The molecule has 0 aliphatic carbocycles. The molecule has 2 rings (SSSR count). The predicted molar refractivity (Wildman–Crippen MR) is 99.3 cm³/mol. The monoisotopic (exact) mass is 364 g/mol. The molecule has 0 radical (unpaired) electrons. The van der Waals surface area contributed by atoms with E-state index in [1.165, 1.54) is 21.3 Å². The Kier molecular flexibility index (Phi) is 6.36. The van der Waals surface area contributed by atoms with Gasteiger partial charge in [0.15, 0.2) is 11.5 Å². The van der Waals surface area contributed by atoms with Crippen molar-refractivity contribution in [3.05, 3.63) is 41.4 Å². The van der Waals surface area contributed by atoms with E-state index in [9.17, 15) is 4.79 Å². The fourth-order valence-electron chi connectivity index (χ4n) is 2.30. The molecule has 0 spiro atoms. The number of ether oxygens (including phenoxy) is 3. The normalized spacial score (nSPS) is 11.4. The highest BCUT2D eigenvalue weighted by Crippen LogP contribution is 2.40. The molecular formula is C18H21ClN2O4. The summed E-state index contributed by atoms with van der Waals surface area (Å²) in [6, 6.07) is 9.96. The number of nitrogens with one attached hydrogen (secondary N) is 2. The minimum atomic E-state index is -0.498. The van der Waals surface area contributed by atoms with Crippen molar-refractivity contribution in [2.24, 2.45) is 0 Å². The number of hydrogen-bond acceptors (Lipinski definition) is 5. The standard InChI is InChI=1S/C18H21ClN2O4/c1-11(18(22)21-13-7-5-6-12(19)8-13)20-14-9-15(23-2)17(25-4)16(10-14)24-3/h5-11,20H,1-4H3,(H,21,22)/t11-/m1/s1. The Balaban J connectivity index is 2.13. The molecule has 6 nitrogen and oxygen atoms in total. The van der Waals surface area contributed by atoms with Crippen LogP contribution in [0.5, 0.6) is 17.2 Å². The highest BCUT2D eigenvalue weighted by Gasteiger charge is 2.17. The minimum absolute atomic E-state index is 0.198.